The van der Waals surface area contributed by atoms with Gasteiger partial charge in [0.05, 0.1) is 11.8 Å². The van der Waals surface area contributed by atoms with Gasteiger partial charge in [-0.25, -0.2) is 4.98 Å². The molecule has 2 aromatic heterocycles. The third kappa shape index (κ3) is 2.69. The second-order valence-corrected chi connectivity index (χ2v) is 3.28. The molecular weight excluding hydrogens is 208 g/mol. The number of aromatic nitrogens is 3. The van der Waals surface area contributed by atoms with E-state index < -0.39 is 0 Å². The number of nitrogens with one attached hydrogen (secondary N) is 1. The van der Waals surface area contributed by atoms with Crippen LogP contribution in [-0.4, -0.2) is 27.2 Å². The van der Waals surface area contributed by atoms with Crippen LogP contribution in [0.4, 0.5) is 0 Å². The Hall–Kier alpha value is -2.11. The van der Waals surface area contributed by atoms with E-state index in [0.29, 0.717) is 12.1 Å². The summed E-state index contributed by atoms with van der Waals surface area (Å²) in [7, 11) is 0. The van der Waals surface area contributed by atoms with E-state index in [0.717, 1.165) is 13.0 Å². The normalized spacial score (nSPS) is 10.2. The largest absolute Gasteiger partial charge is 0.472 e. The summed E-state index contributed by atoms with van der Waals surface area (Å²) >= 11 is 0. The zero-order chi connectivity index (χ0) is 11.2. The van der Waals surface area contributed by atoms with Crippen LogP contribution in [0.15, 0.2) is 35.7 Å². The zero-order valence-electron chi connectivity index (χ0n) is 8.67. The molecule has 2 heterocycles. The Balaban J connectivity index is 1.67. The molecule has 1 N–H and O–H groups in total. The summed E-state index contributed by atoms with van der Waals surface area (Å²) in [4.78, 5) is 15.3. The zero-order valence-corrected chi connectivity index (χ0v) is 8.67. The number of carbonyl (C=O) groups is 1. The summed E-state index contributed by atoms with van der Waals surface area (Å²) in [6.45, 7) is 1.34. The Morgan fingerprint density at radius 1 is 1.56 bits per heavy atom. The molecule has 0 saturated carbocycles. The maximum Gasteiger partial charge on any atom is 0.254 e. The Bertz CT molecular complexity index is 422. The number of hydrogen-bond donors (Lipinski definition) is 1. The monoisotopic (exact) mass is 220 g/mol. The molecule has 6 nitrogen and oxygen atoms in total. The smallest absolute Gasteiger partial charge is 0.254 e. The lowest BCUT2D eigenvalue weighted by Gasteiger charge is -2.03. The molecule has 0 saturated heterocycles. The molecule has 0 bridgehead atoms. The minimum absolute atomic E-state index is 0.118. The van der Waals surface area contributed by atoms with Gasteiger partial charge < -0.3 is 9.73 Å². The first-order valence-electron chi connectivity index (χ1n) is 4.99. The standard InChI is InChI=1S/C10H12N4O2/c15-10(9-2-5-16-6-9)12-3-1-4-14-8-11-7-13-14/h2,5-8H,1,3-4H2,(H,12,15). The third-order valence-corrected chi connectivity index (χ3v) is 2.10. The Morgan fingerprint density at radius 2 is 2.50 bits per heavy atom. The summed E-state index contributed by atoms with van der Waals surface area (Å²) < 4.78 is 6.54. The van der Waals surface area contributed by atoms with Crippen molar-refractivity contribution in [3.8, 4) is 0 Å². The highest BCUT2D eigenvalue weighted by molar-refractivity contribution is 5.93. The first-order valence-corrected chi connectivity index (χ1v) is 4.99. The Kier molecular flexibility index (Phi) is 3.32. The predicted octanol–water partition coefficient (Wildman–Crippen LogP) is 0.691. The fraction of sp³-hybridized carbons (Fsp3) is 0.300. The number of amides is 1. The number of rotatable bonds is 5. The van der Waals surface area contributed by atoms with Crippen LogP contribution in [0.2, 0.25) is 0 Å². The van der Waals surface area contributed by atoms with E-state index in [1.807, 2.05) is 0 Å². The van der Waals surface area contributed by atoms with Crippen molar-refractivity contribution < 1.29 is 9.21 Å². The predicted molar refractivity (Wildman–Crippen MR) is 55.7 cm³/mol. The van der Waals surface area contributed by atoms with E-state index in [2.05, 4.69) is 15.4 Å². The van der Waals surface area contributed by atoms with Gasteiger partial charge in [-0.2, -0.15) is 5.10 Å². The second-order valence-electron chi connectivity index (χ2n) is 3.28. The van der Waals surface area contributed by atoms with Gasteiger partial charge in [0.1, 0.15) is 18.9 Å². The lowest BCUT2D eigenvalue weighted by molar-refractivity contribution is 0.0952. The van der Waals surface area contributed by atoms with Crippen molar-refractivity contribution in [1.82, 2.24) is 20.1 Å². The van der Waals surface area contributed by atoms with E-state index in [4.69, 9.17) is 4.42 Å². The van der Waals surface area contributed by atoms with Gasteiger partial charge in [0, 0.05) is 13.1 Å². The van der Waals surface area contributed by atoms with Crippen LogP contribution in [0.25, 0.3) is 0 Å². The van der Waals surface area contributed by atoms with Crippen LogP contribution < -0.4 is 5.32 Å². The van der Waals surface area contributed by atoms with Crippen molar-refractivity contribution in [3.63, 3.8) is 0 Å². The SMILES string of the molecule is O=C(NCCCn1cncn1)c1ccoc1. The molecule has 0 fully saturated rings. The van der Waals surface area contributed by atoms with Crippen molar-refractivity contribution in [2.75, 3.05) is 6.54 Å². The van der Waals surface area contributed by atoms with Gasteiger partial charge in [0.2, 0.25) is 0 Å². The molecule has 2 aromatic rings. The fourth-order valence-electron chi connectivity index (χ4n) is 1.29. The highest BCUT2D eigenvalue weighted by atomic mass is 16.3. The lowest BCUT2D eigenvalue weighted by atomic mass is 10.3. The molecule has 0 aliphatic rings. The third-order valence-electron chi connectivity index (χ3n) is 2.10. The number of hydrogen-bond acceptors (Lipinski definition) is 4. The molecular formula is C10H12N4O2. The molecule has 6 heteroatoms. The first-order chi connectivity index (χ1) is 7.86. The molecule has 0 aliphatic carbocycles. The quantitative estimate of drug-likeness (QED) is 0.752. The van der Waals surface area contributed by atoms with Gasteiger partial charge >= 0.3 is 0 Å². The average Bonchev–Trinajstić information content (AvgIpc) is 2.96. The van der Waals surface area contributed by atoms with Gasteiger partial charge in [-0.1, -0.05) is 0 Å². The molecule has 1 amide bonds. The van der Waals surface area contributed by atoms with Gasteiger partial charge in [-0.15, -0.1) is 0 Å². The van der Waals surface area contributed by atoms with Crippen LogP contribution in [0.5, 0.6) is 0 Å². The minimum Gasteiger partial charge on any atom is -0.472 e. The number of aryl methyl sites for hydroxylation is 1. The summed E-state index contributed by atoms with van der Waals surface area (Å²) in [6.07, 6.45) is 6.85. The molecule has 0 spiro atoms. The van der Waals surface area contributed by atoms with Crippen molar-refractivity contribution in [3.05, 3.63) is 36.8 Å². The van der Waals surface area contributed by atoms with Gasteiger partial charge in [-0.3, -0.25) is 9.48 Å². The van der Waals surface area contributed by atoms with E-state index >= 15 is 0 Å². The number of carbonyl (C=O) groups excluding carboxylic acids is 1. The number of furan rings is 1. The van der Waals surface area contributed by atoms with Crippen LogP contribution in [0.3, 0.4) is 0 Å². The van der Waals surface area contributed by atoms with Crippen LogP contribution >= 0.6 is 0 Å². The van der Waals surface area contributed by atoms with E-state index in [1.54, 1.807) is 17.1 Å². The van der Waals surface area contributed by atoms with Gasteiger partial charge in [0.25, 0.3) is 5.91 Å². The van der Waals surface area contributed by atoms with Crippen molar-refractivity contribution >= 4 is 5.91 Å². The van der Waals surface area contributed by atoms with E-state index in [1.165, 1.54) is 18.9 Å². The lowest BCUT2D eigenvalue weighted by Crippen LogP contribution is -2.24. The maximum absolute atomic E-state index is 11.5. The molecule has 84 valence electrons. The van der Waals surface area contributed by atoms with Crippen molar-refractivity contribution in [1.29, 1.82) is 0 Å². The second kappa shape index (κ2) is 5.11. The molecule has 0 aromatic carbocycles. The molecule has 2 rings (SSSR count). The fourth-order valence-corrected chi connectivity index (χ4v) is 1.29. The maximum atomic E-state index is 11.5. The first kappa shape index (κ1) is 10.4. The molecule has 0 aliphatic heterocycles. The highest BCUT2D eigenvalue weighted by Crippen LogP contribution is 1.98. The van der Waals surface area contributed by atoms with Gasteiger partial charge in [-0.05, 0) is 12.5 Å². The molecule has 0 radical (unpaired) electrons. The molecule has 0 atom stereocenters. The Morgan fingerprint density at radius 3 is 3.19 bits per heavy atom. The summed E-state index contributed by atoms with van der Waals surface area (Å²) in [5.41, 5.74) is 0.542. The Labute approximate surface area is 92.3 Å². The number of nitrogens with zero attached hydrogens (tertiary/aromatic N) is 3. The van der Waals surface area contributed by atoms with E-state index in [9.17, 15) is 4.79 Å². The average molecular weight is 220 g/mol. The van der Waals surface area contributed by atoms with Crippen LogP contribution in [0, 0.1) is 0 Å². The van der Waals surface area contributed by atoms with Crippen molar-refractivity contribution in [2.45, 2.75) is 13.0 Å². The van der Waals surface area contributed by atoms with E-state index in [-0.39, 0.29) is 5.91 Å². The van der Waals surface area contributed by atoms with Crippen LogP contribution in [-0.2, 0) is 6.54 Å². The summed E-state index contributed by atoms with van der Waals surface area (Å²) in [5.74, 6) is -0.118. The minimum atomic E-state index is -0.118. The highest BCUT2D eigenvalue weighted by Gasteiger charge is 2.04. The molecule has 0 unspecified atom stereocenters. The summed E-state index contributed by atoms with van der Waals surface area (Å²) in [6, 6.07) is 1.63. The van der Waals surface area contributed by atoms with Crippen LogP contribution in [0.1, 0.15) is 16.8 Å². The van der Waals surface area contributed by atoms with Crippen molar-refractivity contribution in [2.24, 2.45) is 0 Å². The topological polar surface area (TPSA) is 73.0 Å². The molecule has 16 heavy (non-hydrogen) atoms. The van der Waals surface area contributed by atoms with Gasteiger partial charge in [0.15, 0.2) is 0 Å². The summed E-state index contributed by atoms with van der Waals surface area (Å²) in [5, 5.41) is 6.75.